The molecular weight excluding hydrogens is 585 g/mol. The van der Waals surface area contributed by atoms with Crippen molar-refractivity contribution in [3.63, 3.8) is 0 Å². The Morgan fingerprint density at radius 1 is 1.13 bits per heavy atom. The lowest BCUT2D eigenvalue weighted by molar-refractivity contribution is -0.136. The second-order valence-corrected chi connectivity index (χ2v) is 11.6. The van der Waals surface area contributed by atoms with Crippen LogP contribution in [0.5, 0.6) is 0 Å². The van der Waals surface area contributed by atoms with Gasteiger partial charge < -0.3 is 35.2 Å². The van der Waals surface area contributed by atoms with Crippen LogP contribution in [0.4, 0.5) is 14.9 Å². The number of hydrogen-bond donors (Lipinski definition) is 3. The van der Waals surface area contributed by atoms with Crippen LogP contribution in [0, 0.1) is 11.3 Å². The molecule has 0 spiro atoms. The maximum Gasteiger partial charge on any atom is 0.408 e. The second kappa shape index (κ2) is 14.2. The van der Waals surface area contributed by atoms with Gasteiger partial charge in [-0.2, -0.15) is 10.2 Å². The topological polar surface area (TPSA) is 188 Å². The third-order valence-corrected chi connectivity index (χ3v) is 7.04. The normalized spacial score (nSPS) is 14.6. The Labute approximate surface area is 259 Å². The molecule has 13 nitrogen and oxygen atoms in total. The fourth-order valence-corrected chi connectivity index (χ4v) is 4.82. The number of nitrogens with one attached hydrogen (secondary N) is 1. The first kappa shape index (κ1) is 32.9. The number of carbonyl (C=O) groups excluding carboxylic acids is 2. The van der Waals surface area contributed by atoms with E-state index in [9.17, 15) is 24.0 Å². The Bertz CT molecular complexity index is 1590. The van der Waals surface area contributed by atoms with Gasteiger partial charge in [-0.05, 0) is 69.0 Å². The number of alkyl halides is 1. The molecule has 2 aliphatic heterocycles. The summed E-state index contributed by atoms with van der Waals surface area (Å²) in [6.07, 6.45) is -0.0460. The lowest BCUT2D eigenvalue weighted by atomic mass is 10.00. The van der Waals surface area contributed by atoms with Gasteiger partial charge in [0, 0.05) is 24.2 Å². The lowest BCUT2D eigenvalue weighted by Gasteiger charge is -2.36. The number of aromatic nitrogens is 2. The predicted octanol–water partition coefficient (Wildman–Crippen LogP) is 2.91. The maximum atomic E-state index is 13.2. The monoisotopic (exact) mass is 621 g/mol. The third-order valence-electron chi connectivity index (χ3n) is 7.04. The van der Waals surface area contributed by atoms with Crippen LogP contribution in [-0.2, 0) is 27.2 Å². The summed E-state index contributed by atoms with van der Waals surface area (Å²) in [6, 6.07) is 13.5. The van der Waals surface area contributed by atoms with Gasteiger partial charge in [0.15, 0.2) is 0 Å². The number of aliphatic carboxylic acids is 1. The van der Waals surface area contributed by atoms with Crippen molar-refractivity contribution in [2.45, 2.75) is 45.4 Å². The van der Waals surface area contributed by atoms with Crippen molar-refractivity contribution in [3.05, 3.63) is 53.1 Å². The van der Waals surface area contributed by atoms with Crippen LogP contribution >= 0.6 is 0 Å². The molecule has 0 atom stereocenters. The second-order valence-electron chi connectivity index (χ2n) is 11.6. The summed E-state index contributed by atoms with van der Waals surface area (Å²) in [5, 5.41) is 23.9. The maximum absolute atomic E-state index is 13.2. The van der Waals surface area contributed by atoms with E-state index in [0.717, 1.165) is 24.0 Å². The number of hydrogen-bond acceptors (Lipinski definition) is 10. The highest BCUT2D eigenvalue weighted by Gasteiger charge is 2.28. The van der Waals surface area contributed by atoms with Crippen molar-refractivity contribution >= 4 is 23.7 Å². The molecule has 1 fully saturated rings. The summed E-state index contributed by atoms with van der Waals surface area (Å²) >= 11 is 0. The molecule has 14 heteroatoms. The number of halogens is 1. The molecule has 1 aromatic heterocycles. The Balaban J connectivity index is 0.000000328. The van der Waals surface area contributed by atoms with Crippen molar-refractivity contribution in [3.8, 4) is 28.9 Å². The van der Waals surface area contributed by atoms with Crippen molar-refractivity contribution in [1.29, 1.82) is 5.26 Å². The van der Waals surface area contributed by atoms with Gasteiger partial charge in [-0.1, -0.05) is 17.3 Å². The Hall–Kier alpha value is -5.03. The molecular formula is C31H36FN7O6. The fourth-order valence-electron chi connectivity index (χ4n) is 4.82. The van der Waals surface area contributed by atoms with Crippen molar-refractivity contribution < 1.29 is 33.1 Å². The van der Waals surface area contributed by atoms with Crippen LogP contribution in [0.15, 0.2) is 40.9 Å². The number of nitrogens with zero attached hydrogens (tertiary/aromatic N) is 5. The van der Waals surface area contributed by atoms with Gasteiger partial charge >= 0.3 is 12.1 Å². The quantitative estimate of drug-likeness (QED) is 0.367. The number of anilines is 1. The molecule has 3 aromatic rings. The van der Waals surface area contributed by atoms with Crippen LogP contribution in [0.2, 0.25) is 0 Å². The third kappa shape index (κ3) is 8.76. The number of carboxylic acids is 1. The molecule has 0 bridgehead atoms. The summed E-state index contributed by atoms with van der Waals surface area (Å²) in [7, 11) is 0. The minimum Gasteiger partial charge on any atom is -0.480 e. The molecule has 0 aliphatic carbocycles. The zero-order chi connectivity index (χ0) is 32.7. The fraction of sp³-hybridized carbons (Fsp3) is 0.419. The number of carbonyl (C=O) groups is 3. The van der Waals surface area contributed by atoms with Crippen molar-refractivity contribution in [2.24, 2.45) is 5.73 Å². The molecule has 0 saturated carbocycles. The van der Waals surface area contributed by atoms with Crippen LogP contribution in [0.3, 0.4) is 0 Å². The molecule has 5 rings (SSSR count). The molecule has 1 saturated heterocycles. The number of fused-ring (bicyclic) bond motifs is 1. The predicted molar refractivity (Wildman–Crippen MR) is 162 cm³/mol. The SMILES string of the molecule is CC(C)(C)OC(=O)NCC(=O)O.N#Cc1cc(-c2nc(-c3ccc4c(c3)CCN(C(=O)CN)CC4)no2)ccc1N1CC(F)C1. The largest absolute Gasteiger partial charge is 0.480 e. The van der Waals surface area contributed by atoms with Gasteiger partial charge in [-0.3, -0.25) is 9.59 Å². The first-order valence-electron chi connectivity index (χ1n) is 14.4. The number of benzene rings is 2. The summed E-state index contributed by atoms with van der Waals surface area (Å²) in [6.45, 7) is 6.60. The highest BCUT2D eigenvalue weighted by molar-refractivity contribution is 5.78. The van der Waals surface area contributed by atoms with E-state index in [0.29, 0.717) is 54.7 Å². The summed E-state index contributed by atoms with van der Waals surface area (Å²) in [5.41, 5.74) is 9.89. The molecule has 4 N–H and O–H groups in total. The first-order valence-corrected chi connectivity index (χ1v) is 14.4. The van der Waals surface area contributed by atoms with E-state index in [-0.39, 0.29) is 12.5 Å². The Kier molecular flexibility index (Phi) is 10.4. The number of nitrogens with two attached hydrogens (primary N) is 1. The van der Waals surface area contributed by atoms with Crippen molar-refractivity contribution in [1.82, 2.24) is 20.4 Å². The summed E-state index contributed by atoms with van der Waals surface area (Å²) < 4.78 is 23.5. The number of carboxylic acid groups (broad SMARTS) is 1. The van der Waals surface area contributed by atoms with Gasteiger partial charge in [0.25, 0.3) is 5.89 Å². The summed E-state index contributed by atoms with van der Waals surface area (Å²) in [5.74, 6) is -0.361. The van der Waals surface area contributed by atoms with Gasteiger partial charge in [-0.15, -0.1) is 0 Å². The van der Waals surface area contributed by atoms with E-state index in [2.05, 4.69) is 21.5 Å². The molecule has 45 heavy (non-hydrogen) atoms. The minimum atomic E-state index is -1.10. The average molecular weight is 622 g/mol. The first-order chi connectivity index (χ1) is 21.4. The highest BCUT2D eigenvalue weighted by Crippen LogP contribution is 2.31. The van der Waals surface area contributed by atoms with E-state index in [1.54, 1.807) is 43.9 Å². The number of alkyl carbamates (subject to hydrolysis) is 1. The van der Waals surface area contributed by atoms with Gasteiger partial charge in [0.05, 0.1) is 30.9 Å². The smallest absolute Gasteiger partial charge is 0.408 e. The van der Waals surface area contributed by atoms with E-state index in [1.165, 1.54) is 5.56 Å². The molecule has 2 aliphatic rings. The average Bonchev–Trinajstić information content (AvgIpc) is 3.38. The van der Waals surface area contributed by atoms with E-state index in [1.807, 2.05) is 23.1 Å². The van der Waals surface area contributed by atoms with Crippen LogP contribution in [0.1, 0.15) is 37.5 Å². The van der Waals surface area contributed by atoms with Gasteiger partial charge in [-0.25, -0.2) is 9.18 Å². The Morgan fingerprint density at radius 2 is 1.82 bits per heavy atom. The van der Waals surface area contributed by atoms with Crippen LogP contribution in [-0.4, -0.2) is 89.2 Å². The molecule has 2 amide bonds. The Morgan fingerprint density at radius 3 is 2.44 bits per heavy atom. The molecule has 0 radical (unpaired) electrons. The number of rotatable bonds is 6. The van der Waals surface area contributed by atoms with Crippen LogP contribution in [0.25, 0.3) is 22.8 Å². The van der Waals surface area contributed by atoms with Gasteiger partial charge in [0.2, 0.25) is 11.7 Å². The highest BCUT2D eigenvalue weighted by atomic mass is 19.1. The molecule has 3 heterocycles. The molecule has 2 aromatic carbocycles. The van der Waals surface area contributed by atoms with Gasteiger partial charge in [0.1, 0.15) is 24.4 Å². The van der Waals surface area contributed by atoms with E-state index >= 15 is 0 Å². The standard InChI is InChI=1S/C24H23FN6O2.C7H13NO4/c25-20-13-31(14-20)21-4-3-18(10-19(21)11-26)24-28-23(29-33-24)17-2-1-15-5-7-30(22(32)12-27)8-6-16(15)9-17;1-7(2,3)12-6(11)8-4-5(9)10/h1-4,9-10,20H,5-8,12-14,27H2;4H2,1-3H3,(H,8,11)(H,9,10). The minimum absolute atomic E-state index is 0.0239. The van der Waals surface area contributed by atoms with E-state index in [4.69, 9.17) is 20.1 Å². The zero-order valence-corrected chi connectivity index (χ0v) is 25.4. The van der Waals surface area contributed by atoms with Crippen molar-refractivity contribution in [2.75, 3.05) is 44.2 Å². The number of nitriles is 1. The number of amides is 2. The van der Waals surface area contributed by atoms with Crippen LogP contribution < -0.4 is 16.0 Å². The molecule has 0 unspecified atom stereocenters. The summed E-state index contributed by atoms with van der Waals surface area (Å²) in [4.78, 5) is 40.9. The lowest BCUT2D eigenvalue weighted by Crippen LogP contribution is -2.48. The van der Waals surface area contributed by atoms with E-state index < -0.39 is 30.4 Å². The molecule has 238 valence electrons. The number of ether oxygens (including phenoxy) is 1. The zero-order valence-electron chi connectivity index (χ0n) is 25.4.